The maximum atomic E-state index is 12.4. The van der Waals surface area contributed by atoms with E-state index in [1.54, 1.807) is 0 Å². The molecule has 0 aliphatic carbocycles. The first-order valence-electron chi connectivity index (χ1n) is 8.93. The number of halogens is 1. The topological polar surface area (TPSA) is 71.3 Å². The van der Waals surface area contributed by atoms with E-state index in [1.807, 2.05) is 45.0 Å². The molecule has 1 aromatic heterocycles. The Bertz CT molecular complexity index is 769. The average Bonchev–Trinajstić information content (AvgIpc) is 3.02. The molecule has 3 rings (SSSR count). The summed E-state index contributed by atoms with van der Waals surface area (Å²) in [7, 11) is 0. The molecule has 7 heteroatoms. The SMILES string of the molecule is CC(C)(C)NC(=O)C1CCCN(Cc2nc(-c3cccc(Cl)c3)no2)C1. The van der Waals surface area contributed by atoms with Crippen molar-refractivity contribution in [2.75, 3.05) is 13.1 Å². The number of rotatable bonds is 4. The second kappa shape index (κ2) is 7.76. The van der Waals surface area contributed by atoms with Crippen molar-refractivity contribution in [2.45, 2.75) is 45.7 Å². The summed E-state index contributed by atoms with van der Waals surface area (Å²) < 4.78 is 5.39. The number of hydrogen-bond donors (Lipinski definition) is 1. The van der Waals surface area contributed by atoms with Gasteiger partial charge in [0.2, 0.25) is 17.6 Å². The highest BCUT2D eigenvalue weighted by Crippen LogP contribution is 2.22. The van der Waals surface area contributed by atoms with E-state index < -0.39 is 0 Å². The summed E-state index contributed by atoms with van der Waals surface area (Å²) in [4.78, 5) is 19.1. The van der Waals surface area contributed by atoms with Gasteiger partial charge in [-0.15, -0.1) is 0 Å². The van der Waals surface area contributed by atoms with Gasteiger partial charge in [0.25, 0.3) is 0 Å². The largest absolute Gasteiger partial charge is 0.351 e. The summed E-state index contributed by atoms with van der Waals surface area (Å²) in [6.07, 6.45) is 1.90. The molecule has 0 bridgehead atoms. The molecule has 1 unspecified atom stereocenters. The molecular weight excluding hydrogens is 352 g/mol. The quantitative estimate of drug-likeness (QED) is 0.883. The van der Waals surface area contributed by atoms with Gasteiger partial charge in [-0.25, -0.2) is 0 Å². The molecule has 1 saturated heterocycles. The molecule has 1 amide bonds. The molecule has 1 atom stereocenters. The molecule has 0 radical (unpaired) electrons. The molecule has 1 aliphatic heterocycles. The second-order valence-electron chi connectivity index (χ2n) is 7.84. The summed E-state index contributed by atoms with van der Waals surface area (Å²) in [5, 5.41) is 7.76. The third-order valence-corrected chi connectivity index (χ3v) is 4.52. The average molecular weight is 377 g/mol. The monoisotopic (exact) mass is 376 g/mol. The van der Waals surface area contributed by atoms with Crippen LogP contribution in [0.5, 0.6) is 0 Å². The highest BCUT2D eigenvalue weighted by molar-refractivity contribution is 6.30. The molecule has 2 aromatic rings. The van der Waals surface area contributed by atoms with Crippen LogP contribution in [0.1, 0.15) is 39.5 Å². The second-order valence-corrected chi connectivity index (χ2v) is 8.27. The standard InChI is InChI=1S/C19H25ClN4O2/c1-19(2,3)22-18(25)14-7-5-9-24(11-14)12-16-21-17(23-26-16)13-6-4-8-15(20)10-13/h4,6,8,10,14H,5,7,9,11-12H2,1-3H3,(H,22,25). The van der Waals surface area contributed by atoms with Crippen molar-refractivity contribution in [1.29, 1.82) is 0 Å². The summed E-state index contributed by atoms with van der Waals surface area (Å²) in [6, 6.07) is 7.37. The summed E-state index contributed by atoms with van der Waals surface area (Å²) >= 11 is 6.02. The van der Waals surface area contributed by atoms with Gasteiger partial charge in [-0.3, -0.25) is 9.69 Å². The lowest BCUT2D eigenvalue weighted by Gasteiger charge is -2.32. The molecule has 0 spiro atoms. The summed E-state index contributed by atoms with van der Waals surface area (Å²) in [6.45, 7) is 8.18. The van der Waals surface area contributed by atoms with Gasteiger partial charge in [0, 0.05) is 22.7 Å². The minimum atomic E-state index is -0.211. The fraction of sp³-hybridized carbons (Fsp3) is 0.526. The molecule has 26 heavy (non-hydrogen) atoms. The Hall–Kier alpha value is -1.92. The van der Waals surface area contributed by atoms with Crippen molar-refractivity contribution >= 4 is 17.5 Å². The van der Waals surface area contributed by atoms with Crippen LogP contribution >= 0.6 is 11.6 Å². The van der Waals surface area contributed by atoms with E-state index in [0.717, 1.165) is 24.9 Å². The molecule has 140 valence electrons. The molecule has 2 heterocycles. The van der Waals surface area contributed by atoms with Crippen molar-refractivity contribution in [3.05, 3.63) is 35.2 Å². The van der Waals surface area contributed by atoms with Crippen molar-refractivity contribution < 1.29 is 9.32 Å². The normalized spacial score (nSPS) is 18.7. The first-order chi connectivity index (χ1) is 12.3. The Balaban J connectivity index is 1.61. The van der Waals surface area contributed by atoms with Crippen molar-refractivity contribution in [1.82, 2.24) is 20.4 Å². The zero-order valence-corrected chi connectivity index (χ0v) is 16.2. The number of piperidine rings is 1. The number of hydrogen-bond acceptors (Lipinski definition) is 5. The molecule has 0 saturated carbocycles. The lowest BCUT2D eigenvalue weighted by Crippen LogP contribution is -2.48. The van der Waals surface area contributed by atoms with Crippen LogP contribution in [0.25, 0.3) is 11.4 Å². The number of nitrogens with one attached hydrogen (secondary N) is 1. The van der Waals surface area contributed by atoms with Crippen LogP contribution in [0.4, 0.5) is 0 Å². The number of carbonyl (C=O) groups is 1. The van der Waals surface area contributed by atoms with E-state index in [9.17, 15) is 4.79 Å². The highest BCUT2D eigenvalue weighted by Gasteiger charge is 2.28. The number of likely N-dealkylation sites (tertiary alicyclic amines) is 1. The zero-order valence-electron chi connectivity index (χ0n) is 15.5. The number of carbonyl (C=O) groups excluding carboxylic acids is 1. The number of aromatic nitrogens is 2. The van der Waals surface area contributed by atoms with E-state index >= 15 is 0 Å². The molecular formula is C19H25ClN4O2. The van der Waals surface area contributed by atoms with E-state index in [1.165, 1.54) is 0 Å². The smallest absolute Gasteiger partial charge is 0.241 e. The predicted octanol–water partition coefficient (Wildman–Crippen LogP) is 3.52. The van der Waals surface area contributed by atoms with Gasteiger partial charge in [-0.2, -0.15) is 4.98 Å². The van der Waals surface area contributed by atoms with Crippen molar-refractivity contribution in [3.8, 4) is 11.4 Å². The fourth-order valence-corrected chi connectivity index (χ4v) is 3.33. The van der Waals surface area contributed by atoms with Crippen LogP contribution in [0.3, 0.4) is 0 Å². The third-order valence-electron chi connectivity index (χ3n) is 4.28. The van der Waals surface area contributed by atoms with E-state index in [0.29, 0.717) is 29.8 Å². The maximum absolute atomic E-state index is 12.4. The number of nitrogens with zero attached hydrogens (tertiary/aromatic N) is 3. The van der Waals surface area contributed by atoms with Crippen LogP contribution < -0.4 is 5.32 Å². The molecule has 1 N–H and O–H groups in total. The van der Waals surface area contributed by atoms with Crippen molar-refractivity contribution in [3.63, 3.8) is 0 Å². The van der Waals surface area contributed by atoms with Crippen LogP contribution in [0, 0.1) is 5.92 Å². The van der Waals surface area contributed by atoms with Gasteiger partial charge in [-0.05, 0) is 52.3 Å². The van der Waals surface area contributed by atoms with Gasteiger partial charge >= 0.3 is 0 Å². The van der Waals surface area contributed by atoms with Crippen LogP contribution in [-0.2, 0) is 11.3 Å². The minimum Gasteiger partial charge on any atom is -0.351 e. The molecule has 1 aromatic carbocycles. The predicted molar refractivity (Wildman–Crippen MR) is 101 cm³/mol. The first-order valence-corrected chi connectivity index (χ1v) is 9.31. The van der Waals surface area contributed by atoms with E-state index in [4.69, 9.17) is 16.1 Å². The third kappa shape index (κ3) is 5.05. The Morgan fingerprint density at radius 1 is 1.42 bits per heavy atom. The lowest BCUT2D eigenvalue weighted by molar-refractivity contribution is -0.128. The number of amides is 1. The van der Waals surface area contributed by atoms with Crippen LogP contribution in [-0.4, -0.2) is 39.6 Å². The van der Waals surface area contributed by atoms with Gasteiger partial charge in [0.15, 0.2) is 0 Å². The molecule has 1 aliphatic rings. The molecule has 6 nitrogen and oxygen atoms in total. The highest BCUT2D eigenvalue weighted by atomic mass is 35.5. The Morgan fingerprint density at radius 2 is 2.23 bits per heavy atom. The number of benzene rings is 1. The summed E-state index contributed by atoms with van der Waals surface area (Å²) in [5.74, 6) is 1.20. The maximum Gasteiger partial charge on any atom is 0.241 e. The van der Waals surface area contributed by atoms with Gasteiger partial charge < -0.3 is 9.84 Å². The first kappa shape index (κ1) is 18.9. The minimum absolute atomic E-state index is 0.00158. The van der Waals surface area contributed by atoms with Crippen LogP contribution in [0.15, 0.2) is 28.8 Å². The fourth-order valence-electron chi connectivity index (χ4n) is 3.14. The van der Waals surface area contributed by atoms with Gasteiger partial charge in [0.1, 0.15) is 0 Å². The summed E-state index contributed by atoms with van der Waals surface area (Å²) in [5.41, 5.74) is 0.617. The van der Waals surface area contributed by atoms with E-state index in [2.05, 4.69) is 20.4 Å². The van der Waals surface area contributed by atoms with Gasteiger partial charge in [0.05, 0.1) is 12.5 Å². The Kier molecular flexibility index (Phi) is 5.63. The Morgan fingerprint density at radius 3 is 2.96 bits per heavy atom. The molecule has 1 fully saturated rings. The van der Waals surface area contributed by atoms with Crippen LogP contribution in [0.2, 0.25) is 5.02 Å². The Labute approximate surface area is 158 Å². The lowest BCUT2D eigenvalue weighted by atomic mass is 9.95. The van der Waals surface area contributed by atoms with Crippen molar-refractivity contribution in [2.24, 2.45) is 5.92 Å². The van der Waals surface area contributed by atoms with E-state index in [-0.39, 0.29) is 17.4 Å². The van der Waals surface area contributed by atoms with Gasteiger partial charge in [-0.1, -0.05) is 28.9 Å². The zero-order chi connectivity index (χ0) is 18.7.